The highest BCUT2D eigenvalue weighted by atomic mass is 14.9. The van der Waals surface area contributed by atoms with Gasteiger partial charge in [-0.25, -0.2) is 0 Å². The van der Waals surface area contributed by atoms with Crippen LogP contribution in [0.5, 0.6) is 0 Å². The van der Waals surface area contributed by atoms with Crippen molar-refractivity contribution in [2.75, 3.05) is 6.54 Å². The molecule has 0 aromatic heterocycles. The molecule has 1 nitrogen and oxygen atoms in total. The molecular formula is C19H31N. The Labute approximate surface area is 125 Å². The molecule has 1 aromatic carbocycles. The van der Waals surface area contributed by atoms with Crippen LogP contribution >= 0.6 is 0 Å². The minimum absolute atomic E-state index is 0.555. The van der Waals surface area contributed by atoms with Gasteiger partial charge in [0.15, 0.2) is 0 Å². The van der Waals surface area contributed by atoms with Gasteiger partial charge in [-0.05, 0) is 36.4 Å². The van der Waals surface area contributed by atoms with Gasteiger partial charge in [0.05, 0.1) is 0 Å². The lowest BCUT2D eigenvalue weighted by Crippen LogP contribution is -2.24. The Hall–Kier alpha value is -0.820. The number of rotatable bonds is 7. The summed E-state index contributed by atoms with van der Waals surface area (Å²) in [5.74, 6) is 0.933. The van der Waals surface area contributed by atoms with Gasteiger partial charge >= 0.3 is 0 Å². The van der Waals surface area contributed by atoms with Crippen LogP contribution in [-0.4, -0.2) is 6.54 Å². The van der Waals surface area contributed by atoms with Crippen LogP contribution in [0.15, 0.2) is 24.3 Å². The van der Waals surface area contributed by atoms with Crippen molar-refractivity contribution in [1.82, 2.24) is 5.32 Å². The number of benzene rings is 1. The van der Waals surface area contributed by atoms with E-state index in [1.54, 1.807) is 0 Å². The Balaban J connectivity index is 2.04. The second-order valence-corrected chi connectivity index (χ2v) is 6.35. The van der Waals surface area contributed by atoms with E-state index in [0.717, 1.165) is 12.5 Å². The molecule has 0 bridgehead atoms. The molecule has 1 N–H and O–H groups in total. The van der Waals surface area contributed by atoms with Gasteiger partial charge in [0.1, 0.15) is 0 Å². The quantitative estimate of drug-likeness (QED) is 0.714. The van der Waals surface area contributed by atoms with Crippen LogP contribution in [-0.2, 0) is 6.42 Å². The summed E-state index contributed by atoms with van der Waals surface area (Å²) in [4.78, 5) is 0. The average molecular weight is 273 g/mol. The van der Waals surface area contributed by atoms with E-state index in [2.05, 4.69) is 43.4 Å². The summed E-state index contributed by atoms with van der Waals surface area (Å²) in [5, 5.41) is 3.72. The summed E-state index contributed by atoms with van der Waals surface area (Å²) in [7, 11) is 0. The van der Waals surface area contributed by atoms with Crippen molar-refractivity contribution in [3.63, 3.8) is 0 Å². The molecule has 1 aromatic rings. The molecule has 0 radical (unpaired) electrons. The van der Waals surface area contributed by atoms with Crippen molar-refractivity contribution in [1.29, 1.82) is 0 Å². The van der Waals surface area contributed by atoms with E-state index >= 15 is 0 Å². The van der Waals surface area contributed by atoms with Gasteiger partial charge in [0.2, 0.25) is 0 Å². The van der Waals surface area contributed by atoms with Crippen LogP contribution in [0.2, 0.25) is 0 Å². The molecule has 1 aliphatic rings. The fraction of sp³-hybridized carbons (Fsp3) is 0.684. The van der Waals surface area contributed by atoms with Crippen molar-refractivity contribution in [3.8, 4) is 0 Å². The van der Waals surface area contributed by atoms with Crippen molar-refractivity contribution in [3.05, 3.63) is 35.4 Å². The smallest absolute Gasteiger partial charge is 0.0322 e. The highest BCUT2D eigenvalue weighted by Gasteiger charge is 2.19. The molecule has 1 fully saturated rings. The Morgan fingerprint density at radius 3 is 2.65 bits per heavy atom. The predicted molar refractivity (Wildman–Crippen MR) is 88.0 cm³/mol. The topological polar surface area (TPSA) is 12.0 Å². The molecule has 112 valence electrons. The first kappa shape index (κ1) is 15.6. The molecule has 2 rings (SSSR count). The average Bonchev–Trinajstić information content (AvgIpc) is 2.49. The monoisotopic (exact) mass is 273 g/mol. The molecule has 1 atom stereocenters. The maximum atomic E-state index is 3.72. The molecule has 20 heavy (non-hydrogen) atoms. The SMILES string of the molecule is CCCc1cccc(C(CC2CCCCC2)NCC)c1. The first-order chi connectivity index (χ1) is 9.83. The fourth-order valence-corrected chi connectivity index (χ4v) is 3.59. The van der Waals surface area contributed by atoms with Crippen LogP contribution in [0.4, 0.5) is 0 Å². The highest BCUT2D eigenvalue weighted by molar-refractivity contribution is 5.26. The van der Waals surface area contributed by atoms with E-state index in [0.29, 0.717) is 6.04 Å². The molecule has 1 unspecified atom stereocenters. The first-order valence-corrected chi connectivity index (χ1v) is 8.65. The molecule has 0 heterocycles. The van der Waals surface area contributed by atoms with Crippen molar-refractivity contribution >= 4 is 0 Å². The Morgan fingerprint density at radius 1 is 1.15 bits per heavy atom. The van der Waals surface area contributed by atoms with Crippen molar-refractivity contribution < 1.29 is 0 Å². The Kier molecular flexibility index (Phi) is 6.59. The van der Waals surface area contributed by atoms with Crippen LogP contribution in [0.1, 0.15) is 76.0 Å². The van der Waals surface area contributed by atoms with Gasteiger partial charge in [-0.15, -0.1) is 0 Å². The van der Waals surface area contributed by atoms with Gasteiger partial charge in [0, 0.05) is 6.04 Å². The van der Waals surface area contributed by atoms with Gasteiger partial charge in [-0.1, -0.05) is 76.6 Å². The van der Waals surface area contributed by atoms with Crippen molar-refractivity contribution in [2.24, 2.45) is 5.92 Å². The summed E-state index contributed by atoms with van der Waals surface area (Å²) in [6, 6.07) is 9.82. The maximum absolute atomic E-state index is 3.72. The van der Waals surface area contributed by atoms with Crippen LogP contribution < -0.4 is 5.32 Å². The molecule has 0 amide bonds. The number of hydrogen-bond donors (Lipinski definition) is 1. The van der Waals surface area contributed by atoms with Crippen molar-refractivity contribution in [2.45, 2.75) is 71.3 Å². The molecule has 1 saturated carbocycles. The zero-order valence-electron chi connectivity index (χ0n) is 13.3. The second-order valence-electron chi connectivity index (χ2n) is 6.35. The molecule has 0 saturated heterocycles. The molecule has 1 heteroatoms. The summed E-state index contributed by atoms with van der Waals surface area (Å²) < 4.78 is 0. The Bertz CT molecular complexity index is 379. The zero-order valence-corrected chi connectivity index (χ0v) is 13.3. The number of aryl methyl sites for hydroxylation is 1. The lowest BCUT2D eigenvalue weighted by Gasteiger charge is -2.27. The lowest BCUT2D eigenvalue weighted by molar-refractivity contribution is 0.301. The standard InChI is InChI=1S/C19H31N/c1-3-9-16-12-8-13-18(14-16)19(20-4-2)15-17-10-6-5-7-11-17/h8,12-14,17,19-20H,3-7,9-11,15H2,1-2H3. The van der Waals surface area contributed by atoms with E-state index in [1.165, 1.54) is 62.5 Å². The fourth-order valence-electron chi connectivity index (χ4n) is 3.59. The largest absolute Gasteiger partial charge is 0.310 e. The van der Waals surface area contributed by atoms with E-state index < -0.39 is 0 Å². The summed E-state index contributed by atoms with van der Waals surface area (Å²) >= 11 is 0. The summed E-state index contributed by atoms with van der Waals surface area (Å²) in [6.45, 7) is 5.55. The summed E-state index contributed by atoms with van der Waals surface area (Å²) in [6.07, 6.45) is 11.0. The Morgan fingerprint density at radius 2 is 1.95 bits per heavy atom. The minimum Gasteiger partial charge on any atom is -0.310 e. The van der Waals surface area contributed by atoms with E-state index in [4.69, 9.17) is 0 Å². The molecule has 1 aliphatic carbocycles. The third kappa shape index (κ3) is 4.63. The predicted octanol–water partition coefficient (Wildman–Crippen LogP) is 5.26. The van der Waals surface area contributed by atoms with Crippen LogP contribution in [0.3, 0.4) is 0 Å². The lowest BCUT2D eigenvalue weighted by atomic mass is 9.83. The van der Waals surface area contributed by atoms with E-state index in [-0.39, 0.29) is 0 Å². The van der Waals surface area contributed by atoms with Gasteiger partial charge in [-0.2, -0.15) is 0 Å². The normalized spacial score (nSPS) is 18.1. The van der Waals surface area contributed by atoms with Crippen LogP contribution in [0, 0.1) is 5.92 Å². The van der Waals surface area contributed by atoms with Crippen LogP contribution in [0.25, 0.3) is 0 Å². The highest BCUT2D eigenvalue weighted by Crippen LogP contribution is 2.32. The first-order valence-electron chi connectivity index (χ1n) is 8.65. The minimum atomic E-state index is 0.555. The van der Waals surface area contributed by atoms with Gasteiger partial charge in [0.25, 0.3) is 0 Å². The molecular weight excluding hydrogens is 242 g/mol. The van der Waals surface area contributed by atoms with E-state index in [1.807, 2.05) is 0 Å². The maximum Gasteiger partial charge on any atom is 0.0322 e. The van der Waals surface area contributed by atoms with E-state index in [9.17, 15) is 0 Å². The number of hydrogen-bond acceptors (Lipinski definition) is 1. The second kappa shape index (κ2) is 8.46. The molecule has 0 aliphatic heterocycles. The zero-order chi connectivity index (χ0) is 14.2. The van der Waals surface area contributed by atoms with Gasteiger partial charge in [-0.3, -0.25) is 0 Å². The molecule has 0 spiro atoms. The third-order valence-corrected chi connectivity index (χ3v) is 4.64. The third-order valence-electron chi connectivity index (χ3n) is 4.64. The number of nitrogens with one attached hydrogen (secondary N) is 1. The summed E-state index contributed by atoms with van der Waals surface area (Å²) in [5.41, 5.74) is 3.00. The van der Waals surface area contributed by atoms with Gasteiger partial charge < -0.3 is 5.32 Å².